The molecular weight excluding hydrogens is 355 g/mol. The molecule has 0 saturated heterocycles. The standard InChI is InChI=1S/C23H21FN2O2/c1-15-8-9-21(24)19(11-15)18(12-23(27)26-13-16-5-4-10-28-16)20-14-25-22-7-3-2-6-17(20)22/h2-11,14,18,25H,12-13H2,1H3,(H,26,27)/t18-/m1/s1. The number of fused-ring (bicyclic) bond motifs is 1. The van der Waals surface area contributed by atoms with E-state index in [0.29, 0.717) is 17.9 Å². The van der Waals surface area contributed by atoms with Crippen LogP contribution in [0.3, 0.4) is 0 Å². The zero-order chi connectivity index (χ0) is 19.5. The first kappa shape index (κ1) is 18.0. The molecule has 0 aliphatic carbocycles. The van der Waals surface area contributed by atoms with Crippen LogP contribution in [0.5, 0.6) is 0 Å². The molecule has 5 heteroatoms. The van der Waals surface area contributed by atoms with Crippen molar-refractivity contribution in [1.29, 1.82) is 0 Å². The summed E-state index contributed by atoms with van der Waals surface area (Å²) in [6.45, 7) is 2.23. The molecule has 4 aromatic rings. The van der Waals surface area contributed by atoms with Crippen molar-refractivity contribution in [2.45, 2.75) is 25.8 Å². The van der Waals surface area contributed by atoms with E-state index in [1.54, 1.807) is 24.5 Å². The average molecular weight is 376 g/mol. The third kappa shape index (κ3) is 3.69. The van der Waals surface area contributed by atoms with Crippen molar-refractivity contribution >= 4 is 16.8 Å². The van der Waals surface area contributed by atoms with Gasteiger partial charge in [0, 0.05) is 29.4 Å². The van der Waals surface area contributed by atoms with Gasteiger partial charge in [-0.3, -0.25) is 4.79 Å². The van der Waals surface area contributed by atoms with Crippen molar-refractivity contribution in [2.24, 2.45) is 0 Å². The molecule has 0 bridgehead atoms. The van der Waals surface area contributed by atoms with E-state index in [1.165, 1.54) is 6.07 Å². The van der Waals surface area contributed by atoms with Gasteiger partial charge in [0.1, 0.15) is 11.6 Å². The fourth-order valence-corrected chi connectivity index (χ4v) is 3.56. The molecule has 28 heavy (non-hydrogen) atoms. The number of para-hydroxylation sites is 1. The maximum absolute atomic E-state index is 14.7. The highest BCUT2D eigenvalue weighted by Crippen LogP contribution is 2.35. The van der Waals surface area contributed by atoms with Crippen LogP contribution in [0.25, 0.3) is 10.9 Å². The second-order valence-corrected chi connectivity index (χ2v) is 6.93. The topological polar surface area (TPSA) is 58.0 Å². The summed E-state index contributed by atoms with van der Waals surface area (Å²) in [5, 5.41) is 3.86. The zero-order valence-corrected chi connectivity index (χ0v) is 15.5. The van der Waals surface area contributed by atoms with Gasteiger partial charge < -0.3 is 14.7 Å². The number of benzene rings is 2. The van der Waals surface area contributed by atoms with Crippen LogP contribution in [0.2, 0.25) is 0 Å². The number of amides is 1. The van der Waals surface area contributed by atoms with Gasteiger partial charge in [0.2, 0.25) is 5.91 Å². The quantitative estimate of drug-likeness (QED) is 0.495. The van der Waals surface area contributed by atoms with E-state index >= 15 is 0 Å². The highest BCUT2D eigenvalue weighted by Gasteiger charge is 2.24. The molecule has 4 nitrogen and oxygen atoms in total. The minimum atomic E-state index is -0.396. The Bertz CT molecular complexity index is 1100. The van der Waals surface area contributed by atoms with Crippen molar-refractivity contribution in [3.8, 4) is 0 Å². The van der Waals surface area contributed by atoms with E-state index in [-0.39, 0.29) is 18.1 Å². The maximum atomic E-state index is 14.7. The summed E-state index contributed by atoms with van der Waals surface area (Å²) in [6.07, 6.45) is 3.58. The maximum Gasteiger partial charge on any atom is 0.221 e. The molecule has 2 aromatic heterocycles. The van der Waals surface area contributed by atoms with Crippen LogP contribution < -0.4 is 5.32 Å². The van der Waals surface area contributed by atoms with Gasteiger partial charge in [0.25, 0.3) is 0 Å². The lowest BCUT2D eigenvalue weighted by Crippen LogP contribution is -2.25. The van der Waals surface area contributed by atoms with E-state index in [9.17, 15) is 9.18 Å². The Morgan fingerprint density at radius 2 is 2.00 bits per heavy atom. The Kier molecular flexibility index (Phi) is 4.98. The van der Waals surface area contributed by atoms with Crippen molar-refractivity contribution in [3.63, 3.8) is 0 Å². The predicted molar refractivity (Wildman–Crippen MR) is 106 cm³/mol. The van der Waals surface area contributed by atoms with Crippen molar-refractivity contribution in [2.75, 3.05) is 0 Å². The molecule has 1 atom stereocenters. The molecule has 2 N–H and O–H groups in total. The van der Waals surface area contributed by atoms with Crippen molar-refractivity contribution in [1.82, 2.24) is 10.3 Å². The first-order valence-corrected chi connectivity index (χ1v) is 9.23. The third-order valence-corrected chi connectivity index (χ3v) is 4.95. The van der Waals surface area contributed by atoms with E-state index in [1.807, 2.05) is 43.5 Å². The Balaban J connectivity index is 1.67. The van der Waals surface area contributed by atoms with Crippen molar-refractivity contribution < 1.29 is 13.6 Å². The van der Waals surface area contributed by atoms with Crippen LogP contribution in [-0.4, -0.2) is 10.9 Å². The van der Waals surface area contributed by atoms with E-state index in [2.05, 4.69) is 10.3 Å². The van der Waals surface area contributed by atoms with Gasteiger partial charge in [-0.15, -0.1) is 0 Å². The van der Waals surface area contributed by atoms with Gasteiger partial charge in [-0.1, -0.05) is 35.9 Å². The Morgan fingerprint density at radius 3 is 2.82 bits per heavy atom. The molecule has 0 spiro atoms. The molecule has 0 radical (unpaired) electrons. The molecule has 2 aromatic carbocycles. The number of aryl methyl sites for hydroxylation is 1. The summed E-state index contributed by atoms with van der Waals surface area (Å²) < 4.78 is 20.0. The Hall–Kier alpha value is -3.34. The summed E-state index contributed by atoms with van der Waals surface area (Å²) in [4.78, 5) is 15.9. The largest absolute Gasteiger partial charge is 0.467 e. The lowest BCUT2D eigenvalue weighted by molar-refractivity contribution is -0.121. The number of halogens is 1. The number of rotatable bonds is 6. The number of H-pyrrole nitrogens is 1. The molecule has 0 saturated carbocycles. The van der Waals surface area contributed by atoms with Crippen LogP contribution in [0.15, 0.2) is 71.5 Å². The third-order valence-electron chi connectivity index (χ3n) is 4.95. The van der Waals surface area contributed by atoms with Gasteiger partial charge in [-0.25, -0.2) is 4.39 Å². The van der Waals surface area contributed by atoms with Crippen molar-refractivity contribution in [3.05, 3.63) is 95.3 Å². The molecule has 2 heterocycles. The van der Waals surface area contributed by atoms with Crippen LogP contribution in [0, 0.1) is 12.7 Å². The summed E-state index contributed by atoms with van der Waals surface area (Å²) in [5.74, 6) is -0.182. The Morgan fingerprint density at radius 1 is 1.14 bits per heavy atom. The number of hydrogen-bond acceptors (Lipinski definition) is 2. The molecule has 0 fully saturated rings. The summed E-state index contributed by atoms with van der Waals surface area (Å²) in [7, 11) is 0. The Labute approximate surface area is 162 Å². The summed E-state index contributed by atoms with van der Waals surface area (Å²) in [6, 6.07) is 16.5. The van der Waals surface area contributed by atoms with Gasteiger partial charge in [-0.2, -0.15) is 0 Å². The van der Waals surface area contributed by atoms with E-state index in [4.69, 9.17) is 4.42 Å². The van der Waals surface area contributed by atoms with Gasteiger partial charge in [-0.05, 0) is 42.3 Å². The highest BCUT2D eigenvalue weighted by molar-refractivity contribution is 5.86. The van der Waals surface area contributed by atoms with Crippen LogP contribution in [-0.2, 0) is 11.3 Å². The normalized spacial score (nSPS) is 12.2. The predicted octanol–water partition coefficient (Wildman–Crippen LogP) is 5.05. The van der Waals surface area contributed by atoms with Crippen LogP contribution in [0.4, 0.5) is 4.39 Å². The molecule has 1 amide bonds. The number of nitrogens with one attached hydrogen (secondary N) is 2. The van der Waals surface area contributed by atoms with E-state index < -0.39 is 5.92 Å². The number of furan rings is 1. The number of carbonyl (C=O) groups is 1. The van der Waals surface area contributed by atoms with E-state index in [0.717, 1.165) is 22.0 Å². The minimum absolute atomic E-state index is 0.142. The fraction of sp³-hybridized carbons (Fsp3) is 0.174. The van der Waals surface area contributed by atoms with Crippen LogP contribution >= 0.6 is 0 Å². The smallest absolute Gasteiger partial charge is 0.221 e. The van der Waals surface area contributed by atoms with Gasteiger partial charge >= 0.3 is 0 Å². The minimum Gasteiger partial charge on any atom is -0.467 e. The SMILES string of the molecule is Cc1ccc(F)c([C@@H](CC(=O)NCc2ccco2)c2c[nH]c3ccccc23)c1. The second-order valence-electron chi connectivity index (χ2n) is 6.93. The number of hydrogen-bond donors (Lipinski definition) is 2. The molecule has 4 rings (SSSR count). The molecule has 142 valence electrons. The summed E-state index contributed by atoms with van der Waals surface area (Å²) >= 11 is 0. The molecule has 0 aliphatic heterocycles. The second kappa shape index (κ2) is 7.72. The first-order chi connectivity index (χ1) is 13.6. The molecular formula is C23H21FN2O2. The number of aromatic nitrogens is 1. The molecule has 0 aliphatic rings. The monoisotopic (exact) mass is 376 g/mol. The highest BCUT2D eigenvalue weighted by atomic mass is 19.1. The summed E-state index contributed by atoms with van der Waals surface area (Å²) in [5.41, 5.74) is 3.36. The number of carbonyl (C=O) groups excluding carboxylic acids is 1. The lowest BCUT2D eigenvalue weighted by atomic mass is 9.87. The zero-order valence-electron chi connectivity index (χ0n) is 15.5. The van der Waals surface area contributed by atoms with Gasteiger partial charge in [0.05, 0.1) is 12.8 Å². The van der Waals surface area contributed by atoms with Gasteiger partial charge in [0.15, 0.2) is 0 Å². The molecule has 0 unspecified atom stereocenters. The van der Waals surface area contributed by atoms with Crippen LogP contribution in [0.1, 0.15) is 34.8 Å². The fourth-order valence-electron chi connectivity index (χ4n) is 3.56. The average Bonchev–Trinajstić information content (AvgIpc) is 3.36. The first-order valence-electron chi connectivity index (χ1n) is 9.23. The lowest BCUT2D eigenvalue weighted by Gasteiger charge is -2.18. The number of aromatic amines is 1.